The molecule has 128 valence electrons. The quantitative estimate of drug-likeness (QED) is 0.936. The third-order valence-corrected chi connectivity index (χ3v) is 4.94. The van der Waals surface area contributed by atoms with Gasteiger partial charge in [-0.25, -0.2) is 4.39 Å². The zero-order valence-electron chi connectivity index (χ0n) is 13.9. The van der Waals surface area contributed by atoms with Gasteiger partial charge in [-0.1, -0.05) is 42.5 Å². The van der Waals surface area contributed by atoms with Crippen molar-refractivity contribution in [3.8, 4) is 0 Å². The van der Waals surface area contributed by atoms with Crippen LogP contribution in [0.5, 0.6) is 0 Å². The molecule has 0 bridgehead atoms. The molecule has 2 aromatic carbocycles. The molecule has 0 aromatic heterocycles. The number of benzene rings is 2. The Morgan fingerprint density at radius 3 is 2.40 bits per heavy atom. The highest BCUT2D eigenvalue weighted by Gasteiger charge is 2.41. The third-order valence-electron chi connectivity index (χ3n) is 4.94. The molecule has 0 atom stereocenters. The number of hydrogen-bond acceptors (Lipinski definition) is 3. The maximum absolute atomic E-state index is 13.0. The number of carbonyl (C=O) groups excluding carboxylic acids is 1. The Bertz CT molecular complexity index is 793. The molecule has 5 heteroatoms. The number of rotatable bonds is 3. The van der Waals surface area contributed by atoms with E-state index in [-0.39, 0.29) is 11.7 Å². The second-order valence-electron chi connectivity index (χ2n) is 6.71. The summed E-state index contributed by atoms with van der Waals surface area (Å²) in [5.74, 6) is -0.295. The van der Waals surface area contributed by atoms with Crippen LogP contribution in [0.3, 0.4) is 0 Å². The average Bonchev–Trinajstić information content (AvgIpc) is 2.96. The first kappa shape index (κ1) is 16.0. The summed E-state index contributed by atoms with van der Waals surface area (Å²) < 4.78 is 13.0. The van der Waals surface area contributed by atoms with Crippen LogP contribution < -0.4 is 5.32 Å². The van der Waals surface area contributed by atoms with Crippen molar-refractivity contribution in [1.82, 2.24) is 10.2 Å². The summed E-state index contributed by atoms with van der Waals surface area (Å²) in [6.45, 7) is 2.49. The third kappa shape index (κ3) is 3.33. The smallest absolute Gasteiger partial charge is 0.272 e. The van der Waals surface area contributed by atoms with Crippen molar-refractivity contribution >= 4 is 11.6 Å². The van der Waals surface area contributed by atoms with Crippen LogP contribution in [0.25, 0.3) is 0 Å². The zero-order valence-corrected chi connectivity index (χ0v) is 13.9. The van der Waals surface area contributed by atoms with Crippen LogP contribution in [0.2, 0.25) is 0 Å². The lowest BCUT2D eigenvalue weighted by molar-refractivity contribution is -0.115. The normalized spacial score (nSPS) is 19.7. The molecule has 2 heterocycles. The maximum atomic E-state index is 13.0. The largest absolute Gasteiger partial charge is 0.326 e. The minimum atomic E-state index is -0.471. The molecule has 0 radical (unpaired) electrons. The lowest BCUT2D eigenvalue weighted by Crippen LogP contribution is -2.50. The Morgan fingerprint density at radius 2 is 1.72 bits per heavy atom. The maximum Gasteiger partial charge on any atom is 0.272 e. The Morgan fingerprint density at radius 1 is 1.04 bits per heavy atom. The van der Waals surface area contributed by atoms with Crippen molar-refractivity contribution in [2.75, 3.05) is 13.1 Å². The van der Waals surface area contributed by atoms with Crippen LogP contribution in [0.15, 0.2) is 59.6 Å². The first-order valence-corrected chi connectivity index (χ1v) is 8.58. The fourth-order valence-corrected chi connectivity index (χ4v) is 3.52. The first-order valence-electron chi connectivity index (χ1n) is 8.58. The van der Waals surface area contributed by atoms with Crippen molar-refractivity contribution in [1.29, 1.82) is 0 Å². The van der Waals surface area contributed by atoms with Gasteiger partial charge in [0.05, 0.1) is 0 Å². The fraction of sp³-hybridized carbons (Fsp3) is 0.300. The summed E-state index contributed by atoms with van der Waals surface area (Å²) in [5.41, 5.74) is 2.03. The second kappa shape index (κ2) is 6.41. The Balaban J connectivity index is 1.43. The van der Waals surface area contributed by atoms with Gasteiger partial charge in [-0.15, -0.1) is 0 Å². The number of likely N-dealkylation sites (tertiary alicyclic amines) is 1. The predicted molar refractivity (Wildman–Crippen MR) is 94.8 cm³/mol. The van der Waals surface area contributed by atoms with E-state index in [9.17, 15) is 9.18 Å². The number of nitrogens with zero attached hydrogens (tertiary/aromatic N) is 2. The van der Waals surface area contributed by atoms with Crippen LogP contribution in [0.1, 0.15) is 24.0 Å². The van der Waals surface area contributed by atoms with Gasteiger partial charge in [0.15, 0.2) is 0 Å². The molecule has 0 unspecified atom stereocenters. The Kier molecular flexibility index (Phi) is 4.09. The topological polar surface area (TPSA) is 44.7 Å². The van der Waals surface area contributed by atoms with E-state index < -0.39 is 5.66 Å². The van der Waals surface area contributed by atoms with Crippen molar-refractivity contribution in [2.24, 2.45) is 4.99 Å². The fourth-order valence-electron chi connectivity index (χ4n) is 3.52. The van der Waals surface area contributed by atoms with Crippen LogP contribution in [-0.2, 0) is 11.3 Å². The molecule has 4 nitrogen and oxygen atoms in total. The van der Waals surface area contributed by atoms with E-state index in [1.54, 1.807) is 0 Å². The molecule has 2 aromatic rings. The minimum Gasteiger partial charge on any atom is -0.326 e. The van der Waals surface area contributed by atoms with Crippen LogP contribution in [0.4, 0.5) is 4.39 Å². The molecule has 2 aliphatic heterocycles. The van der Waals surface area contributed by atoms with E-state index >= 15 is 0 Å². The standard InChI is InChI=1S/C20H20FN3O/c21-17-8-6-15(7-9-17)14-24-12-10-20(11-13-24)22-18(19(25)23-20)16-4-2-1-3-5-16/h1-9H,10-14H2,(H,23,25). The molecule has 1 saturated heterocycles. The van der Waals surface area contributed by atoms with Gasteiger partial charge in [0.1, 0.15) is 17.2 Å². The monoisotopic (exact) mass is 337 g/mol. The van der Waals surface area contributed by atoms with E-state index in [1.807, 2.05) is 42.5 Å². The highest BCUT2D eigenvalue weighted by atomic mass is 19.1. The van der Waals surface area contributed by atoms with Crippen molar-refractivity contribution in [3.05, 3.63) is 71.5 Å². The predicted octanol–water partition coefficient (Wildman–Crippen LogP) is 2.74. The van der Waals surface area contributed by atoms with Gasteiger partial charge in [0, 0.05) is 38.0 Å². The summed E-state index contributed by atoms with van der Waals surface area (Å²) in [4.78, 5) is 19.4. The van der Waals surface area contributed by atoms with Crippen molar-refractivity contribution in [2.45, 2.75) is 25.0 Å². The van der Waals surface area contributed by atoms with Gasteiger partial charge in [0.2, 0.25) is 0 Å². The molecule has 0 saturated carbocycles. The van der Waals surface area contributed by atoms with Crippen molar-refractivity contribution in [3.63, 3.8) is 0 Å². The molecule has 1 N–H and O–H groups in total. The average molecular weight is 337 g/mol. The molecule has 1 amide bonds. The number of piperidine rings is 1. The molecule has 1 fully saturated rings. The molecular weight excluding hydrogens is 317 g/mol. The van der Waals surface area contributed by atoms with Gasteiger partial charge in [-0.05, 0) is 17.7 Å². The Hall–Kier alpha value is -2.53. The van der Waals surface area contributed by atoms with E-state index in [2.05, 4.69) is 10.2 Å². The summed E-state index contributed by atoms with van der Waals surface area (Å²) in [7, 11) is 0. The lowest BCUT2D eigenvalue weighted by atomic mass is 9.97. The summed E-state index contributed by atoms with van der Waals surface area (Å²) in [6.07, 6.45) is 1.58. The van der Waals surface area contributed by atoms with Crippen LogP contribution in [-0.4, -0.2) is 35.3 Å². The van der Waals surface area contributed by atoms with E-state index in [0.29, 0.717) is 5.71 Å². The van der Waals surface area contributed by atoms with Gasteiger partial charge in [-0.3, -0.25) is 14.7 Å². The van der Waals surface area contributed by atoms with E-state index in [4.69, 9.17) is 4.99 Å². The molecule has 1 spiro atoms. The second-order valence-corrected chi connectivity index (χ2v) is 6.71. The number of aliphatic imine (C=N–C) groups is 1. The molecular formula is C20H20FN3O. The molecule has 2 aliphatic rings. The van der Waals surface area contributed by atoms with Gasteiger partial charge in [0.25, 0.3) is 5.91 Å². The van der Waals surface area contributed by atoms with Crippen LogP contribution in [0, 0.1) is 5.82 Å². The van der Waals surface area contributed by atoms with Gasteiger partial charge >= 0.3 is 0 Å². The number of hydrogen-bond donors (Lipinski definition) is 1. The van der Waals surface area contributed by atoms with Gasteiger partial charge < -0.3 is 5.32 Å². The number of nitrogens with one attached hydrogen (secondary N) is 1. The molecule has 25 heavy (non-hydrogen) atoms. The number of amides is 1. The molecule has 0 aliphatic carbocycles. The highest BCUT2D eigenvalue weighted by Crippen LogP contribution is 2.29. The SMILES string of the molecule is O=C1NC2(CCN(Cc3ccc(F)cc3)CC2)N=C1c1ccccc1. The molecule has 4 rings (SSSR count). The van der Waals surface area contributed by atoms with E-state index in [1.165, 1.54) is 12.1 Å². The Labute approximate surface area is 146 Å². The number of halogens is 1. The van der Waals surface area contributed by atoms with Crippen molar-refractivity contribution < 1.29 is 9.18 Å². The minimum absolute atomic E-state index is 0.0850. The van der Waals surface area contributed by atoms with Gasteiger partial charge in [-0.2, -0.15) is 0 Å². The lowest BCUT2D eigenvalue weighted by Gasteiger charge is -2.37. The van der Waals surface area contributed by atoms with Crippen LogP contribution >= 0.6 is 0 Å². The zero-order chi connectivity index (χ0) is 17.3. The summed E-state index contributed by atoms with van der Waals surface area (Å²) in [5, 5.41) is 3.09. The summed E-state index contributed by atoms with van der Waals surface area (Å²) >= 11 is 0. The first-order chi connectivity index (χ1) is 12.1. The number of carbonyl (C=O) groups is 1. The summed E-state index contributed by atoms with van der Waals surface area (Å²) in [6, 6.07) is 16.2. The highest BCUT2D eigenvalue weighted by molar-refractivity contribution is 6.46. The van der Waals surface area contributed by atoms with E-state index in [0.717, 1.165) is 43.6 Å².